The van der Waals surface area contributed by atoms with Crippen LogP contribution >= 0.6 is 0 Å². The molecule has 0 aromatic heterocycles. The van der Waals surface area contributed by atoms with Crippen LogP contribution in [0.1, 0.15) is 55.9 Å². The molecular weight excluding hydrogens is 296 g/mol. The van der Waals surface area contributed by atoms with E-state index >= 15 is 0 Å². The molecule has 122 valence electrons. The van der Waals surface area contributed by atoms with Crippen molar-refractivity contribution < 1.29 is 4.74 Å². The van der Waals surface area contributed by atoms with Gasteiger partial charge in [-0.05, 0) is 59.7 Å². The molecule has 2 aromatic rings. The molecular formula is C21H22N2O. The number of rotatable bonds is 5. The molecule has 2 aromatic carbocycles. The molecule has 0 aliphatic rings. The Kier molecular flexibility index (Phi) is 5.61. The predicted octanol–water partition coefficient (Wildman–Crippen LogP) is 5.54. The smallest absolute Gasteiger partial charge is 0.128 e. The molecule has 0 saturated carbocycles. The summed E-state index contributed by atoms with van der Waals surface area (Å²) in [5.41, 5.74) is 3.33. The molecule has 0 aliphatic heterocycles. The quantitative estimate of drug-likeness (QED) is 0.726. The van der Waals surface area contributed by atoms with E-state index in [1.807, 2.05) is 18.2 Å². The number of benzene rings is 2. The molecule has 2 rings (SSSR count). The van der Waals surface area contributed by atoms with Crippen molar-refractivity contribution in [2.24, 2.45) is 5.92 Å². The van der Waals surface area contributed by atoms with Crippen LogP contribution < -0.4 is 4.74 Å². The van der Waals surface area contributed by atoms with E-state index in [9.17, 15) is 0 Å². The SMILES string of the molecule is CC(C)Cc1cc(Oc2ccc(C#N)c(C#N)c2)ccc1C(C)C. The van der Waals surface area contributed by atoms with Gasteiger partial charge in [-0.2, -0.15) is 10.5 Å². The summed E-state index contributed by atoms with van der Waals surface area (Å²) in [6.07, 6.45) is 1.00. The van der Waals surface area contributed by atoms with Crippen molar-refractivity contribution in [3.8, 4) is 23.6 Å². The number of nitriles is 2. The van der Waals surface area contributed by atoms with E-state index in [4.69, 9.17) is 15.3 Å². The molecule has 0 radical (unpaired) electrons. The summed E-state index contributed by atoms with van der Waals surface area (Å²) in [5, 5.41) is 18.1. The molecule has 0 aliphatic carbocycles. The van der Waals surface area contributed by atoms with E-state index in [1.54, 1.807) is 18.2 Å². The fourth-order valence-electron chi connectivity index (χ4n) is 2.74. The zero-order valence-corrected chi connectivity index (χ0v) is 14.6. The van der Waals surface area contributed by atoms with Gasteiger partial charge in [-0.25, -0.2) is 0 Å². The second kappa shape index (κ2) is 7.66. The lowest BCUT2D eigenvalue weighted by molar-refractivity contribution is 0.480. The first-order valence-electron chi connectivity index (χ1n) is 8.19. The second-order valence-electron chi connectivity index (χ2n) is 6.65. The maximum atomic E-state index is 9.12. The van der Waals surface area contributed by atoms with Gasteiger partial charge >= 0.3 is 0 Å². The zero-order chi connectivity index (χ0) is 17.7. The van der Waals surface area contributed by atoms with Crippen LogP contribution in [0, 0.1) is 28.6 Å². The van der Waals surface area contributed by atoms with E-state index in [0.717, 1.165) is 12.2 Å². The van der Waals surface area contributed by atoms with Crippen LogP contribution in [0.3, 0.4) is 0 Å². The van der Waals surface area contributed by atoms with Crippen LogP contribution in [-0.4, -0.2) is 0 Å². The minimum absolute atomic E-state index is 0.330. The van der Waals surface area contributed by atoms with Crippen molar-refractivity contribution in [2.45, 2.75) is 40.0 Å². The highest BCUT2D eigenvalue weighted by molar-refractivity contribution is 5.50. The van der Waals surface area contributed by atoms with Gasteiger partial charge < -0.3 is 4.74 Å². The summed E-state index contributed by atoms with van der Waals surface area (Å²) >= 11 is 0. The second-order valence-corrected chi connectivity index (χ2v) is 6.65. The first kappa shape index (κ1) is 17.6. The van der Waals surface area contributed by atoms with Crippen LogP contribution in [0.15, 0.2) is 36.4 Å². The Labute approximate surface area is 144 Å². The Morgan fingerprint density at radius 1 is 0.875 bits per heavy atom. The maximum absolute atomic E-state index is 9.12. The number of ether oxygens (including phenoxy) is 1. The lowest BCUT2D eigenvalue weighted by Gasteiger charge is -2.16. The highest BCUT2D eigenvalue weighted by atomic mass is 16.5. The fourth-order valence-corrected chi connectivity index (χ4v) is 2.74. The van der Waals surface area contributed by atoms with Gasteiger partial charge in [0.05, 0.1) is 11.1 Å². The average Bonchev–Trinajstić information content (AvgIpc) is 2.54. The Bertz CT molecular complexity index is 808. The molecule has 0 unspecified atom stereocenters. The molecule has 0 heterocycles. The van der Waals surface area contributed by atoms with Crippen molar-refractivity contribution in [3.63, 3.8) is 0 Å². The lowest BCUT2D eigenvalue weighted by atomic mass is 9.91. The molecule has 0 spiro atoms. The summed E-state index contributed by atoms with van der Waals surface area (Å²) in [5.74, 6) is 2.35. The highest BCUT2D eigenvalue weighted by Gasteiger charge is 2.11. The zero-order valence-electron chi connectivity index (χ0n) is 14.6. The standard InChI is InChI=1S/C21H22N2O/c1-14(2)9-17-10-20(7-8-21(17)15(3)4)24-19-6-5-16(12-22)18(11-19)13-23/h5-8,10-11,14-15H,9H2,1-4H3. The van der Waals surface area contributed by atoms with Gasteiger partial charge in [0.15, 0.2) is 0 Å². The van der Waals surface area contributed by atoms with Gasteiger partial charge in [0.2, 0.25) is 0 Å². The fraction of sp³-hybridized carbons (Fsp3) is 0.333. The van der Waals surface area contributed by atoms with E-state index < -0.39 is 0 Å². The van der Waals surface area contributed by atoms with E-state index in [2.05, 4.69) is 39.8 Å². The van der Waals surface area contributed by atoms with Gasteiger partial charge in [0, 0.05) is 0 Å². The summed E-state index contributed by atoms with van der Waals surface area (Å²) in [6, 6.07) is 15.1. The van der Waals surface area contributed by atoms with Crippen LogP contribution in [0.4, 0.5) is 0 Å². The molecule has 3 nitrogen and oxygen atoms in total. The number of hydrogen-bond acceptors (Lipinski definition) is 3. The van der Waals surface area contributed by atoms with Gasteiger partial charge in [-0.15, -0.1) is 0 Å². The largest absolute Gasteiger partial charge is 0.457 e. The number of hydrogen-bond donors (Lipinski definition) is 0. The number of nitrogens with zero attached hydrogens (tertiary/aromatic N) is 2. The van der Waals surface area contributed by atoms with Crippen LogP contribution in [0.25, 0.3) is 0 Å². The van der Waals surface area contributed by atoms with Crippen molar-refractivity contribution in [1.82, 2.24) is 0 Å². The molecule has 0 fully saturated rings. The van der Waals surface area contributed by atoms with E-state index in [-0.39, 0.29) is 0 Å². The molecule has 0 bridgehead atoms. The lowest BCUT2D eigenvalue weighted by Crippen LogP contribution is -2.01. The van der Waals surface area contributed by atoms with Crippen LogP contribution in [0.2, 0.25) is 0 Å². The van der Waals surface area contributed by atoms with Crippen LogP contribution in [-0.2, 0) is 6.42 Å². The monoisotopic (exact) mass is 318 g/mol. The van der Waals surface area contributed by atoms with Crippen molar-refractivity contribution in [3.05, 3.63) is 58.7 Å². The molecule has 0 amide bonds. The Hall–Kier alpha value is -2.78. The summed E-state index contributed by atoms with van der Waals surface area (Å²) < 4.78 is 5.92. The summed E-state index contributed by atoms with van der Waals surface area (Å²) in [7, 11) is 0. The minimum atomic E-state index is 0.330. The molecule has 3 heteroatoms. The van der Waals surface area contributed by atoms with Crippen LogP contribution in [0.5, 0.6) is 11.5 Å². The minimum Gasteiger partial charge on any atom is -0.457 e. The van der Waals surface area contributed by atoms with Gasteiger partial charge in [0.1, 0.15) is 23.6 Å². The predicted molar refractivity (Wildman–Crippen MR) is 95.0 cm³/mol. The first-order chi connectivity index (χ1) is 11.4. The Morgan fingerprint density at radius 3 is 2.08 bits per heavy atom. The Morgan fingerprint density at radius 2 is 1.50 bits per heavy atom. The molecule has 0 saturated heterocycles. The Balaban J connectivity index is 2.33. The van der Waals surface area contributed by atoms with E-state index in [0.29, 0.717) is 28.7 Å². The van der Waals surface area contributed by atoms with Crippen molar-refractivity contribution in [2.75, 3.05) is 0 Å². The summed E-state index contributed by atoms with van der Waals surface area (Å²) in [4.78, 5) is 0. The van der Waals surface area contributed by atoms with Gasteiger partial charge in [-0.3, -0.25) is 0 Å². The van der Waals surface area contributed by atoms with Gasteiger partial charge in [0.25, 0.3) is 0 Å². The third-order valence-corrected chi connectivity index (χ3v) is 3.83. The molecule has 0 N–H and O–H groups in total. The van der Waals surface area contributed by atoms with Crippen molar-refractivity contribution >= 4 is 0 Å². The topological polar surface area (TPSA) is 56.8 Å². The van der Waals surface area contributed by atoms with Gasteiger partial charge in [-0.1, -0.05) is 33.8 Å². The van der Waals surface area contributed by atoms with E-state index in [1.165, 1.54) is 11.1 Å². The normalized spacial score (nSPS) is 10.5. The third kappa shape index (κ3) is 4.15. The summed E-state index contributed by atoms with van der Waals surface area (Å²) in [6.45, 7) is 8.80. The highest BCUT2D eigenvalue weighted by Crippen LogP contribution is 2.29. The maximum Gasteiger partial charge on any atom is 0.128 e. The average molecular weight is 318 g/mol. The molecule has 24 heavy (non-hydrogen) atoms. The van der Waals surface area contributed by atoms with Crippen molar-refractivity contribution in [1.29, 1.82) is 10.5 Å². The molecule has 0 atom stereocenters. The third-order valence-electron chi connectivity index (χ3n) is 3.83. The first-order valence-corrected chi connectivity index (χ1v) is 8.19.